The lowest BCUT2D eigenvalue weighted by Crippen LogP contribution is -2.50. The van der Waals surface area contributed by atoms with E-state index in [-0.39, 0.29) is 5.82 Å². The first kappa shape index (κ1) is 18.9. The number of piperazine rings is 1. The largest absolute Gasteiger partial charge is 0.397 e. The number of nitrogen functional groups attached to an aromatic ring is 1. The van der Waals surface area contributed by atoms with E-state index in [0.717, 1.165) is 38.4 Å². The first-order valence-corrected chi connectivity index (χ1v) is 9.72. The Kier molecular flexibility index (Phi) is 5.32. The Morgan fingerprint density at radius 2 is 1.79 bits per heavy atom. The van der Waals surface area contributed by atoms with E-state index < -0.39 is 0 Å². The zero-order valence-electron chi connectivity index (χ0n) is 16.4. The molecule has 0 aliphatic carbocycles. The summed E-state index contributed by atoms with van der Waals surface area (Å²) in [5, 5.41) is 0. The second-order valence-corrected chi connectivity index (χ2v) is 7.54. The van der Waals surface area contributed by atoms with Gasteiger partial charge in [-0.1, -0.05) is 0 Å². The SMILES string of the molecule is C[C@H]1CN(c2cc(F)c(-c3cnc(N4CCOCC4)nc3)cc2N)CCN1C. The molecule has 0 saturated carbocycles. The summed E-state index contributed by atoms with van der Waals surface area (Å²) in [6.45, 7) is 7.63. The fourth-order valence-electron chi connectivity index (χ4n) is 3.73. The first-order chi connectivity index (χ1) is 13.5. The van der Waals surface area contributed by atoms with Crippen molar-refractivity contribution in [2.75, 3.05) is 68.5 Å². The standard InChI is InChI=1S/C20H27FN6O/c1-14-13-27(4-3-25(14)2)19-10-17(21)16(9-18(19)22)15-11-23-20(24-12-15)26-5-7-28-8-6-26/h9-12,14H,3-8,13,22H2,1-2H3/t14-/m0/s1. The van der Waals surface area contributed by atoms with Crippen LogP contribution in [0, 0.1) is 5.82 Å². The number of benzene rings is 1. The summed E-state index contributed by atoms with van der Waals surface area (Å²) >= 11 is 0. The minimum Gasteiger partial charge on any atom is -0.397 e. The second kappa shape index (κ2) is 7.89. The molecule has 2 aliphatic rings. The number of aromatic nitrogens is 2. The number of hydrogen-bond acceptors (Lipinski definition) is 7. The number of anilines is 3. The number of ether oxygens (including phenoxy) is 1. The molecular formula is C20H27FN6O. The summed E-state index contributed by atoms with van der Waals surface area (Å²) in [6.07, 6.45) is 3.32. The van der Waals surface area contributed by atoms with Crippen molar-refractivity contribution in [3.8, 4) is 11.1 Å². The van der Waals surface area contributed by atoms with Crippen LogP contribution in [0.2, 0.25) is 0 Å². The lowest BCUT2D eigenvalue weighted by atomic mass is 10.0. The molecule has 8 heteroatoms. The van der Waals surface area contributed by atoms with Crippen LogP contribution < -0.4 is 15.5 Å². The van der Waals surface area contributed by atoms with Gasteiger partial charge in [0.25, 0.3) is 0 Å². The molecule has 2 N–H and O–H groups in total. The molecule has 0 radical (unpaired) electrons. The van der Waals surface area contributed by atoms with E-state index in [1.807, 2.05) is 0 Å². The highest BCUT2D eigenvalue weighted by molar-refractivity contribution is 5.77. The molecule has 3 heterocycles. The zero-order chi connectivity index (χ0) is 19.7. The third-order valence-electron chi connectivity index (χ3n) is 5.66. The lowest BCUT2D eigenvalue weighted by Gasteiger charge is -2.39. The fraction of sp³-hybridized carbons (Fsp3) is 0.500. The van der Waals surface area contributed by atoms with E-state index in [1.54, 1.807) is 24.5 Å². The molecule has 2 aromatic rings. The topological polar surface area (TPSA) is 70.8 Å². The Bertz CT molecular complexity index is 824. The zero-order valence-corrected chi connectivity index (χ0v) is 16.4. The normalized spacial score (nSPS) is 21.2. The highest BCUT2D eigenvalue weighted by Crippen LogP contribution is 2.33. The van der Waals surface area contributed by atoms with Gasteiger partial charge in [0.05, 0.1) is 24.6 Å². The van der Waals surface area contributed by atoms with Crippen molar-refractivity contribution in [2.24, 2.45) is 0 Å². The second-order valence-electron chi connectivity index (χ2n) is 7.54. The van der Waals surface area contributed by atoms with E-state index >= 15 is 0 Å². The van der Waals surface area contributed by atoms with Crippen LogP contribution in [0.15, 0.2) is 24.5 Å². The molecule has 1 atom stereocenters. The Hall–Kier alpha value is -2.45. The van der Waals surface area contributed by atoms with Crippen molar-refractivity contribution in [2.45, 2.75) is 13.0 Å². The molecule has 150 valence electrons. The van der Waals surface area contributed by atoms with E-state index in [9.17, 15) is 4.39 Å². The number of rotatable bonds is 3. The number of likely N-dealkylation sites (N-methyl/N-ethyl adjacent to an activating group) is 1. The maximum Gasteiger partial charge on any atom is 0.225 e. The third-order valence-corrected chi connectivity index (χ3v) is 5.66. The molecule has 0 spiro atoms. The van der Waals surface area contributed by atoms with Gasteiger partial charge in [-0.05, 0) is 26.1 Å². The summed E-state index contributed by atoms with van der Waals surface area (Å²) in [7, 11) is 2.11. The molecule has 7 nitrogen and oxygen atoms in total. The summed E-state index contributed by atoms with van der Waals surface area (Å²) in [5.74, 6) is 0.335. The van der Waals surface area contributed by atoms with Crippen LogP contribution >= 0.6 is 0 Å². The molecular weight excluding hydrogens is 359 g/mol. The fourth-order valence-corrected chi connectivity index (χ4v) is 3.73. The van der Waals surface area contributed by atoms with Gasteiger partial charge in [0.15, 0.2) is 0 Å². The van der Waals surface area contributed by atoms with Gasteiger partial charge in [-0.3, -0.25) is 0 Å². The van der Waals surface area contributed by atoms with Crippen LogP contribution in [0.4, 0.5) is 21.7 Å². The van der Waals surface area contributed by atoms with Crippen molar-refractivity contribution in [1.82, 2.24) is 14.9 Å². The third kappa shape index (κ3) is 3.74. The molecule has 2 fully saturated rings. The van der Waals surface area contributed by atoms with E-state index in [0.29, 0.717) is 42.0 Å². The highest BCUT2D eigenvalue weighted by Gasteiger charge is 2.23. The summed E-state index contributed by atoms with van der Waals surface area (Å²) in [5.41, 5.74) is 8.68. The smallest absolute Gasteiger partial charge is 0.225 e. The van der Waals surface area contributed by atoms with Gasteiger partial charge in [0.2, 0.25) is 5.95 Å². The molecule has 0 bridgehead atoms. The van der Waals surface area contributed by atoms with Crippen molar-refractivity contribution < 1.29 is 9.13 Å². The Morgan fingerprint density at radius 3 is 2.46 bits per heavy atom. The van der Waals surface area contributed by atoms with Gasteiger partial charge in [-0.2, -0.15) is 0 Å². The van der Waals surface area contributed by atoms with Crippen molar-refractivity contribution in [1.29, 1.82) is 0 Å². The van der Waals surface area contributed by atoms with Gasteiger partial charge in [0.1, 0.15) is 5.82 Å². The Labute approximate surface area is 164 Å². The van der Waals surface area contributed by atoms with Crippen molar-refractivity contribution in [3.63, 3.8) is 0 Å². The maximum atomic E-state index is 14.9. The van der Waals surface area contributed by atoms with Crippen LogP contribution in [-0.2, 0) is 4.74 Å². The van der Waals surface area contributed by atoms with Crippen LogP contribution in [0.5, 0.6) is 0 Å². The van der Waals surface area contributed by atoms with Crippen LogP contribution in [0.1, 0.15) is 6.92 Å². The summed E-state index contributed by atoms with van der Waals surface area (Å²) < 4.78 is 20.3. The van der Waals surface area contributed by atoms with E-state index in [1.165, 1.54) is 0 Å². The van der Waals surface area contributed by atoms with Crippen LogP contribution in [-0.4, -0.2) is 73.9 Å². The summed E-state index contributed by atoms with van der Waals surface area (Å²) in [6, 6.07) is 3.64. The van der Waals surface area contributed by atoms with Crippen LogP contribution in [0.3, 0.4) is 0 Å². The molecule has 2 saturated heterocycles. The maximum absolute atomic E-state index is 14.9. The number of morpholine rings is 1. The Morgan fingerprint density at radius 1 is 1.07 bits per heavy atom. The van der Waals surface area contributed by atoms with E-state index in [2.05, 4.69) is 38.6 Å². The predicted molar refractivity (Wildman–Crippen MR) is 109 cm³/mol. The first-order valence-electron chi connectivity index (χ1n) is 9.72. The average Bonchev–Trinajstić information content (AvgIpc) is 2.72. The quantitative estimate of drug-likeness (QED) is 0.807. The summed E-state index contributed by atoms with van der Waals surface area (Å²) in [4.78, 5) is 15.4. The molecule has 28 heavy (non-hydrogen) atoms. The predicted octanol–water partition coefficient (Wildman–Crippen LogP) is 1.84. The minimum absolute atomic E-state index is 0.307. The average molecular weight is 386 g/mol. The Balaban J connectivity index is 1.56. The van der Waals surface area contributed by atoms with Gasteiger partial charge >= 0.3 is 0 Å². The van der Waals surface area contributed by atoms with Gasteiger partial charge in [-0.15, -0.1) is 0 Å². The van der Waals surface area contributed by atoms with E-state index in [4.69, 9.17) is 10.5 Å². The molecule has 1 aromatic heterocycles. The lowest BCUT2D eigenvalue weighted by molar-refractivity contribution is 0.122. The van der Waals surface area contributed by atoms with Crippen molar-refractivity contribution >= 4 is 17.3 Å². The van der Waals surface area contributed by atoms with Gasteiger partial charge in [0, 0.05) is 62.3 Å². The van der Waals surface area contributed by atoms with Gasteiger partial charge < -0.3 is 25.2 Å². The number of hydrogen-bond donors (Lipinski definition) is 1. The highest BCUT2D eigenvalue weighted by atomic mass is 19.1. The molecule has 0 amide bonds. The monoisotopic (exact) mass is 386 g/mol. The molecule has 1 aromatic carbocycles. The number of nitrogens with two attached hydrogens (primary N) is 1. The molecule has 4 rings (SSSR count). The number of nitrogens with zero attached hydrogens (tertiary/aromatic N) is 5. The van der Waals surface area contributed by atoms with Gasteiger partial charge in [-0.25, -0.2) is 14.4 Å². The number of halogens is 1. The van der Waals surface area contributed by atoms with Crippen LogP contribution in [0.25, 0.3) is 11.1 Å². The van der Waals surface area contributed by atoms with Crippen molar-refractivity contribution in [3.05, 3.63) is 30.3 Å². The minimum atomic E-state index is -0.307. The molecule has 2 aliphatic heterocycles. The molecule has 0 unspecified atom stereocenters.